The summed E-state index contributed by atoms with van der Waals surface area (Å²) in [4.78, 5) is 26.4. The van der Waals surface area contributed by atoms with Crippen LogP contribution < -0.4 is 10.2 Å². The fourth-order valence-electron chi connectivity index (χ4n) is 1.54. The molecule has 0 saturated carbocycles. The molecule has 0 atom stereocenters. The lowest BCUT2D eigenvalue weighted by Crippen LogP contribution is -2.41. The van der Waals surface area contributed by atoms with Crippen molar-refractivity contribution in [1.29, 1.82) is 0 Å². The number of hydrogen-bond acceptors (Lipinski definition) is 3. The molecule has 0 aliphatic carbocycles. The molecule has 0 saturated heterocycles. The molecule has 15 heavy (non-hydrogen) atoms. The summed E-state index contributed by atoms with van der Waals surface area (Å²) in [6, 6.07) is 5.09. The van der Waals surface area contributed by atoms with Gasteiger partial charge in [0.15, 0.2) is 0 Å². The maximum Gasteiger partial charge on any atom is 0.321 e. The number of fused-ring (bicyclic) bond motifs is 1. The summed E-state index contributed by atoms with van der Waals surface area (Å²) in [6.07, 6.45) is 1.47. The van der Waals surface area contributed by atoms with Crippen LogP contribution in [-0.4, -0.2) is 19.2 Å². The van der Waals surface area contributed by atoms with Crippen LogP contribution in [0.2, 0.25) is 0 Å². The molecule has 5 heteroatoms. The first-order chi connectivity index (χ1) is 7.22. The van der Waals surface area contributed by atoms with Gasteiger partial charge in [-0.1, -0.05) is 6.07 Å². The number of carbonyl (C=O) groups excluding carboxylic acids is 2. The van der Waals surface area contributed by atoms with Crippen molar-refractivity contribution >= 4 is 23.5 Å². The maximum atomic E-state index is 11.3. The molecule has 1 heterocycles. The molecule has 0 radical (unpaired) electrons. The largest absolute Gasteiger partial charge is 0.334 e. The zero-order valence-electron chi connectivity index (χ0n) is 8.15. The van der Waals surface area contributed by atoms with E-state index in [4.69, 9.17) is 0 Å². The van der Waals surface area contributed by atoms with Gasteiger partial charge in [-0.3, -0.25) is 4.90 Å². The topological polar surface area (TPSA) is 61.8 Å². The Morgan fingerprint density at radius 3 is 3.07 bits per heavy atom. The van der Waals surface area contributed by atoms with Gasteiger partial charge in [-0.05, 0) is 17.7 Å². The van der Waals surface area contributed by atoms with Crippen LogP contribution in [-0.2, 0) is 11.3 Å². The van der Waals surface area contributed by atoms with E-state index < -0.39 is 0 Å². The van der Waals surface area contributed by atoms with Crippen LogP contribution >= 0.6 is 0 Å². The van der Waals surface area contributed by atoms with Gasteiger partial charge in [-0.2, -0.15) is 4.99 Å². The number of isocyanates is 1. The molecule has 0 aromatic heterocycles. The average Bonchev–Trinajstić information content (AvgIpc) is 2.25. The summed E-state index contributed by atoms with van der Waals surface area (Å²) in [6.45, 7) is 0.504. The van der Waals surface area contributed by atoms with Crippen LogP contribution in [0.1, 0.15) is 5.56 Å². The van der Waals surface area contributed by atoms with Crippen molar-refractivity contribution in [3.8, 4) is 0 Å². The molecule has 1 aliphatic rings. The Balaban J connectivity index is 2.49. The molecule has 1 aliphatic heterocycles. The molecule has 76 valence electrons. The van der Waals surface area contributed by atoms with Crippen molar-refractivity contribution in [2.45, 2.75) is 6.54 Å². The Morgan fingerprint density at radius 2 is 2.33 bits per heavy atom. The standard InChI is InChI=1S/C10H9N3O2/c1-13-9-4-8(12-6-14)3-2-7(9)5-11-10(13)15/h2-4H,5H2,1H3,(H,11,15). The lowest BCUT2D eigenvalue weighted by atomic mass is 10.1. The smallest absolute Gasteiger partial charge is 0.321 e. The molecule has 0 bridgehead atoms. The molecular formula is C10H9N3O2. The Labute approximate surface area is 86.4 Å². The lowest BCUT2D eigenvalue weighted by Gasteiger charge is -2.26. The van der Waals surface area contributed by atoms with Crippen molar-refractivity contribution < 1.29 is 9.59 Å². The van der Waals surface area contributed by atoms with Crippen LogP contribution in [0.4, 0.5) is 16.2 Å². The van der Waals surface area contributed by atoms with Crippen LogP contribution in [0.15, 0.2) is 23.2 Å². The van der Waals surface area contributed by atoms with Gasteiger partial charge in [0.25, 0.3) is 0 Å². The van der Waals surface area contributed by atoms with Crippen LogP contribution in [0.3, 0.4) is 0 Å². The molecule has 5 nitrogen and oxygen atoms in total. The van der Waals surface area contributed by atoms with Crippen molar-refractivity contribution in [2.24, 2.45) is 4.99 Å². The second kappa shape index (κ2) is 3.55. The number of amides is 2. The third kappa shape index (κ3) is 1.60. The van der Waals surface area contributed by atoms with Crippen LogP contribution in [0, 0.1) is 0 Å². The maximum absolute atomic E-state index is 11.3. The van der Waals surface area contributed by atoms with E-state index in [1.807, 2.05) is 6.07 Å². The fraction of sp³-hybridized carbons (Fsp3) is 0.200. The van der Waals surface area contributed by atoms with E-state index in [-0.39, 0.29) is 6.03 Å². The van der Waals surface area contributed by atoms with Gasteiger partial charge in [0.1, 0.15) is 0 Å². The third-order valence-corrected chi connectivity index (χ3v) is 2.34. The number of anilines is 1. The van der Waals surface area contributed by atoms with Gasteiger partial charge in [0, 0.05) is 13.6 Å². The first-order valence-electron chi connectivity index (χ1n) is 4.45. The van der Waals surface area contributed by atoms with Crippen molar-refractivity contribution in [2.75, 3.05) is 11.9 Å². The number of aliphatic imine (C=N–C) groups is 1. The molecule has 1 N–H and O–H groups in total. The predicted molar refractivity (Wildman–Crippen MR) is 54.9 cm³/mol. The summed E-state index contributed by atoms with van der Waals surface area (Å²) in [5.74, 6) is 0. The zero-order valence-corrected chi connectivity index (χ0v) is 8.15. The molecule has 2 amide bonds. The monoisotopic (exact) mass is 203 g/mol. The lowest BCUT2D eigenvalue weighted by molar-refractivity contribution is 0.246. The molecular weight excluding hydrogens is 194 g/mol. The number of urea groups is 1. The zero-order chi connectivity index (χ0) is 10.8. The highest BCUT2D eigenvalue weighted by Crippen LogP contribution is 2.27. The van der Waals surface area contributed by atoms with Gasteiger partial charge in [0.2, 0.25) is 6.08 Å². The Hall–Kier alpha value is -2.13. The number of hydrogen-bond donors (Lipinski definition) is 1. The van der Waals surface area contributed by atoms with E-state index >= 15 is 0 Å². The second-order valence-corrected chi connectivity index (χ2v) is 3.23. The third-order valence-electron chi connectivity index (χ3n) is 2.34. The predicted octanol–water partition coefficient (Wildman–Crippen LogP) is 1.31. The summed E-state index contributed by atoms with van der Waals surface area (Å²) in [5.41, 5.74) is 2.28. The highest BCUT2D eigenvalue weighted by Gasteiger charge is 2.19. The Bertz CT molecular complexity index is 464. The minimum Gasteiger partial charge on any atom is -0.334 e. The SMILES string of the molecule is CN1C(=O)NCc2ccc(N=C=O)cc21. The van der Waals surface area contributed by atoms with Gasteiger partial charge >= 0.3 is 6.03 Å². The van der Waals surface area contributed by atoms with Crippen LogP contribution in [0.5, 0.6) is 0 Å². The summed E-state index contributed by atoms with van der Waals surface area (Å²) in [7, 11) is 1.67. The normalized spacial score (nSPS) is 13.9. The summed E-state index contributed by atoms with van der Waals surface area (Å²) < 4.78 is 0. The quantitative estimate of drug-likeness (QED) is 0.552. The minimum atomic E-state index is -0.158. The van der Waals surface area contributed by atoms with Crippen molar-refractivity contribution in [1.82, 2.24) is 5.32 Å². The molecule has 1 aromatic rings. The molecule has 1 aromatic carbocycles. The number of nitrogens with one attached hydrogen (secondary N) is 1. The Morgan fingerprint density at radius 1 is 1.53 bits per heavy atom. The Kier molecular flexibility index (Phi) is 2.23. The van der Waals surface area contributed by atoms with E-state index in [0.29, 0.717) is 12.2 Å². The van der Waals surface area contributed by atoms with Crippen molar-refractivity contribution in [3.63, 3.8) is 0 Å². The van der Waals surface area contributed by atoms with E-state index in [1.165, 1.54) is 11.0 Å². The van der Waals surface area contributed by atoms with E-state index in [1.54, 1.807) is 19.2 Å². The first-order valence-corrected chi connectivity index (χ1v) is 4.45. The van der Waals surface area contributed by atoms with Gasteiger partial charge < -0.3 is 5.32 Å². The number of rotatable bonds is 1. The summed E-state index contributed by atoms with van der Waals surface area (Å²) >= 11 is 0. The highest BCUT2D eigenvalue weighted by molar-refractivity contribution is 5.94. The molecule has 0 fully saturated rings. The number of benzene rings is 1. The highest BCUT2D eigenvalue weighted by atomic mass is 16.2. The number of nitrogens with zero attached hydrogens (tertiary/aromatic N) is 2. The van der Waals surface area contributed by atoms with Gasteiger partial charge in [0.05, 0.1) is 11.4 Å². The van der Waals surface area contributed by atoms with Crippen molar-refractivity contribution in [3.05, 3.63) is 23.8 Å². The molecule has 0 spiro atoms. The first kappa shape index (κ1) is 9.43. The second-order valence-electron chi connectivity index (χ2n) is 3.23. The van der Waals surface area contributed by atoms with E-state index in [0.717, 1.165) is 11.3 Å². The minimum absolute atomic E-state index is 0.158. The number of carbonyl (C=O) groups is 1. The van der Waals surface area contributed by atoms with E-state index in [9.17, 15) is 9.59 Å². The average molecular weight is 203 g/mol. The van der Waals surface area contributed by atoms with Crippen LogP contribution in [0.25, 0.3) is 0 Å². The molecule has 2 rings (SSSR count). The van der Waals surface area contributed by atoms with Gasteiger partial charge in [-0.15, -0.1) is 0 Å². The molecule has 0 unspecified atom stereocenters. The summed E-state index contributed by atoms with van der Waals surface area (Å²) in [5, 5.41) is 2.72. The van der Waals surface area contributed by atoms with Gasteiger partial charge in [-0.25, -0.2) is 9.59 Å². The van der Waals surface area contributed by atoms with E-state index in [2.05, 4.69) is 10.3 Å². The fourth-order valence-corrected chi connectivity index (χ4v) is 1.54.